The Morgan fingerprint density at radius 2 is 2.19 bits per heavy atom. The molecule has 1 atom stereocenters. The summed E-state index contributed by atoms with van der Waals surface area (Å²) in [6.45, 7) is 7.58. The van der Waals surface area contributed by atoms with Gasteiger partial charge >= 0.3 is 0 Å². The minimum absolute atomic E-state index is 0.0236. The number of fused-ring (bicyclic) bond motifs is 1. The zero-order chi connectivity index (χ0) is 18.3. The maximum Gasteiger partial charge on any atom is 0.274 e. The van der Waals surface area contributed by atoms with E-state index in [1.165, 1.54) is 5.56 Å². The van der Waals surface area contributed by atoms with Crippen LogP contribution >= 0.6 is 0 Å². The summed E-state index contributed by atoms with van der Waals surface area (Å²) in [6, 6.07) is 6.18. The highest BCUT2D eigenvalue weighted by atomic mass is 16.2. The maximum absolute atomic E-state index is 13.0. The van der Waals surface area contributed by atoms with E-state index in [1.807, 2.05) is 17.9 Å². The average Bonchev–Trinajstić information content (AvgIpc) is 3.25. The number of carbonyl (C=O) groups is 1. The SMILES string of the molecule is CCc1[nH]nc(C(=O)N2CCC[C@@H](c3nc4c(C)cccc4[nH]3)C2)c1C. The van der Waals surface area contributed by atoms with Crippen molar-refractivity contribution in [2.24, 2.45) is 0 Å². The molecule has 136 valence electrons. The summed E-state index contributed by atoms with van der Waals surface area (Å²) in [4.78, 5) is 23.2. The van der Waals surface area contributed by atoms with Crippen LogP contribution in [0.5, 0.6) is 0 Å². The molecule has 0 radical (unpaired) electrons. The molecule has 0 unspecified atom stereocenters. The van der Waals surface area contributed by atoms with Crippen LogP contribution in [0.25, 0.3) is 11.0 Å². The highest BCUT2D eigenvalue weighted by molar-refractivity contribution is 5.94. The standard InChI is InChI=1S/C20H25N5O/c1-4-15-13(3)18(24-23-15)20(26)25-10-6-8-14(11-25)19-21-16-9-5-7-12(2)17(16)22-19/h5,7,9,14H,4,6,8,10-11H2,1-3H3,(H,21,22)(H,23,24)/t14-/m1/s1. The summed E-state index contributed by atoms with van der Waals surface area (Å²) < 4.78 is 0. The van der Waals surface area contributed by atoms with Gasteiger partial charge in [-0.05, 0) is 44.7 Å². The molecule has 0 aliphatic carbocycles. The lowest BCUT2D eigenvalue weighted by Crippen LogP contribution is -2.39. The van der Waals surface area contributed by atoms with E-state index in [0.717, 1.165) is 53.9 Å². The predicted octanol–water partition coefficient (Wildman–Crippen LogP) is 3.49. The fraction of sp³-hybridized carbons (Fsp3) is 0.450. The number of aryl methyl sites for hydroxylation is 2. The molecule has 6 nitrogen and oxygen atoms in total. The van der Waals surface area contributed by atoms with Crippen molar-refractivity contribution in [1.29, 1.82) is 0 Å². The molecule has 6 heteroatoms. The van der Waals surface area contributed by atoms with E-state index >= 15 is 0 Å². The number of amides is 1. The molecule has 1 aliphatic rings. The molecule has 1 saturated heterocycles. The summed E-state index contributed by atoms with van der Waals surface area (Å²) >= 11 is 0. The number of rotatable bonds is 3. The highest BCUT2D eigenvalue weighted by Gasteiger charge is 2.29. The van der Waals surface area contributed by atoms with Gasteiger partial charge in [0.25, 0.3) is 5.91 Å². The second-order valence-electron chi connectivity index (χ2n) is 7.21. The summed E-state index contributed by atoms with van der Waals surface area (Å²) in [5, 5.41) is 7.26. The molecule has 2 aromatic heterocycles. The van der Waals surface area contributed by atoms with Crippen molar-refractivity contribution < 1.29 is 4.79 Å². The Morgan fingerprint density at radius 3 is 2.92 bits per heavy atom. The molecular formula is C20H25N5O. The van der Waals surface area contributed by atoms with Crippen LogP contribution in [-0.4, -0.2) is 44.1 Å². The largest absolute Gasteiger partial charge is 0.342 e. The number of para-hydroxylation sites is 1. The Bertz CT molecular complexity index is 954. The van der Waals surface area contributed by atoms with Crippen LogP contribution in [0.2, 0.25) is 0 Å². The van der Waals surface area contributed by atoms with Crippen molar-refractivity contribution in [2.45, 2.75) is 46.0 Å². The lowest BCUT2D eigenvalue weighted by molar-refractivity contribution is 0.0698. The normalized spacial score (nSPS) is 17.8. The van der Waals surface area contributed by atoms with Crippen LogP contribution in [0.1, 0.15) is 58.8 Å². The zero-order valence-corrected chi connectivity index (χ0v) is 15.6. The number of aromatic nitrogens is 4. The number of likely N-dealkylation sites (tertiary alicyclic amines) is 1. The Labute approximate surface area is 153 Å². The molecule has 1 aliphatic heterocycles. The van der Waals surface area contributed by atoms with Crippen LogP contribution in [0, 0.1) is 13.8 Å². The molecule has 3 heterocycles. The van der Waals surface area contributed by atoms with E-state index in [2.05, 4.69) is 41.2 Å². The minimum atomic E-state index is 0.0236. The van der Waals surface area contributed by atoms with Crippen molar-refractivity contribution in [3.8, 4) is 0 Å². The van der Waals surface area contributed by atoms with Gasteiger partial charge in [-0.15, -0.1) is 0 Å². The number of H-pyrrole nitrogens is 2. The van der Waals surface area contributed by atoms with E-state index in [4.69, 9.17) is 4.98 Å². The lowest BCUT2D eigenvalue weighted by atomic mass is 9.97. The summed E-state index contributed by atoms with van der Waals surface area (Å²) in [5.41, 5.74) is 5.84. The topological polar surface area (TPSA) is 77.7 Å². The third-order valence-corrected chi connectivity index (χ3v) is 5.49. The van der Waals surface area contributed by atoms with Gasteiger partial charge in [0.15, 0.2) is 5.69 Å². The van der Waals surface area contributed by atoms with Crippen molar-refractivity contribution in [3.05, 3.63) is 46.5 Å². The number of piperidine rings is 1. The Morgan fingerprint density at radius 1 is 1.35 bits per heavy atom. The number of aromatic amines is 2. The van der Waals surface area contributed by atoms with E-state index in [1.54, 1.807) is 0 Å². The molecule has 1 fully saturated rings. The van der Waals surface area contributed by atoms with Gasteiger partial charge in [-0.2, -0.15) is 5.10 Å². The summed E-state index contributed by atoms with van der Waals surface area (Å²) in [6.07, 6.45) is 2.88. The highest BCUT2D eigenvalue weighted by Crippen LogP contribution is 2.28. The fourth-order valence-corrected chi connectivity index (χ4v) is 3.91. The van der Waals surface area contributed by atoms with Crippen LogP contribution < -0.4 is 0 Å². The van der Waals surface area contributed by atoms with E-state index in [0.29, 0.717) is 12.2 Å². The number of nitrogens with one attached hydrogen (secondary N) is 2. The molecule has 0 spiro atoms. The minimum Gasteiger partial charge on any atom is -0.342 e. The maximum atomic E-state index is 13.0. The monoisotopic (exact) mass is 351 g/mol. The molecule has 2 N–H and O–H groups in total. The molecule has 26 heavy (non-hydrogen) atoms. The number of nitrogens with zero attached hydrogens (tertiary/aromatic N) is 3. The first kappa shape index (κ1) is 16.8. The second kappa shape index (κ2) is 6.59. The predicted molar refractivity (Wildman–Crippen MR) is 101 cm³/mol. The quantitative estimate of drug-likeness (QED) is 0.758. The first-order valence-corrected chi connectivity index (χ1v) is 9.36. The van der Waals surface area contributed by atoms with Gasteiger partial charge < -0.3 is 9.88 Å². The molecular weight excluding hydrogens is 326 g/mol. The van der Waals surface area contributed by atoms with Gasteiger partial charge in [0.05, 0.1) is 11.0 Å². The Kier molecular flexibility index (Phi) is 4.26. The van der Waals surface area contributed by atoms with Crippen LogP contribution in [-0.2, 0) is 6.42 Å². The molecule has 0 bridgehead atoms. The summed E-state index contributed by atoms with van der Waals surface area (Å²) in [5.74, 6) is 1.25. The third-order valence-electron chi connectivity index (χ3n) is 5.49. The third kappa shape index (κ3) is 2.79. The van der Waals surface area contributed by atoms with Crippen molar-refractivity contribution >= 4 is 16.9 Å². The first-order chi connectivity index (χ1) is 12.6. The van der Waals surface area contributed by atoms with E-state index < -0.39 is 0 Å². The molecule has 1 aromatic carbocycles. The Balaban J connectivity index is 1.57. The number of hydrogen-bond donors (Lipinski definition) is 2. The van der Waals surface area contributed by atoms with Gasteiger partial charge in [0, 0.05) is 30.3 Å². The molecule has 0 saturated carbocycles. The Hall–Kier alpha value is -2.63. The summed E-state index contributed by atoms with van der Waals surface area (Å²) in [7, 11) is 0. The zero-order valence-electron chi connectivity index (χ0n) is 15.6. The molecule has 1 amide bonds. The van der Waals surface area contributed by atoms with Gasteiger partial charge in [0.2, 0.25) is 0 Å². The number of hydrogen-bond acceptors (Lipinski definition) is 3. The fourth-order valence-electron chi connectivity index (χ4n) is 3.91. The smallest absolute Gasteiger partial charge is 0.274 e. The number of benzene rings is 1. The van der Waals surface area contributed by atoms with Gasteiger partial charge in [-0.1, -0.05) is 19.1 Å². The van der Waals surface area contributed by atoms with Crippen molar-refractivity contribution in [1.82, 2.24) is 25.1 Å². The molecule has 4 rings (SSSR count). The van der Waals surface area contributed by atoms with Gasteiger partial charge in [-0.3, -0.25) is 9.89 Å². The molecule has 3 aromatic rings. The van der Waals surface area contributed by atoms with Crippen molar-refractivity contribution in [2.75, 3.05) is 13.1 Å². The van der Waals surface area contributed by atoms with E-state index in [9.17, 15) is 4.79 Å². The lowest BCUT2D eigenvalue weighted by Gasteiger charge is -2.31. The second-order valence-corrected chi connectivity index (χ2v) is 7.21. The van der Waals surface area contributed by atoms with Crippen molar-refractivity contribution in [3.63, 3.8) is 0 Å². The van der Waals surface area contributed by atoms with Gasteiger partial charge in [-0.25, -0.2) is 4.98 Å². The van der Waals surface area contributed by atoms with Crippen LogP contribution in [0.15, 0.2) is 18.2 Å². The van der Waals surface area contributed by atoms with Gasteiger partial charge in [0.1, 0.15) is 5.82 Å². The first-order valence-electron chi connectivity index (χ1n) is 9.36. The van der Waals surface area contributed by atoms with Crippen LogP contribution in [0.3, 0.4) is 0 Å². The number of imidazole rings is 1. The van der Waals surface area contributed by atoms with E-state index in [-0.39, 0.29) is 11.8 Å². The average molecular weight is 351 g/mol. The number of carbonyl (C=O) groups excluding carboxylic acids is 1. The van der Waals surface area contributed by atoms with Crippen LogP contribution in [0.4, 0.5) is 0 Å².